The van der Waals surface area contributed by atoms with Crippen molar-refractivity contribution >= 4 is 22.6 Å². The molecule has 0 saturated heterocycles. The lowest BCUT2D eigenvalue weighted by molar-refractivity contribution is 0.0998. The Kier molecular flexibility index (Phi) is 3.57. The van der Waals surface area contributed by atoms with E-state index in [2.05, 4.69) is 10.4 Å². The molecule has 0 aliphatic heterocycles. The number of amides is 1. The van der Waals surface area contributed by atoms with Crippen LogP contribution in [-0.2, 0) is 7.05 Å². The third-order valence-corrected chi connectivity index (χ3v) is 3.90. The fourth-order valence-electron chi connectivity index (χ4n) is 2.70. The molecule has 0 unspecified atom stereocenters. The van der Waals surface area contributed by atoms with Gasteiger partial charge in [-0.3, -0.25) is 9.48 Å². The van der Waals surface area contributed by atoms with Gasteiger partial charge < -0.3 is 9.73 Å². The number of aryl methyl sites for hydroxylation is 1. The standard InChI is InChI=1S/C19H14FN3O2/c1-23-11-13(10-21-23)15-9-14(20)6-7-16(15)22-19(24)18-8-12-4-2-3-5-17(12)25-18/h2-11H,1H3,(H,22,24). The molecule has 4 rings (SSSR count). The topological polar surface area (TPSA) is 60.1 Å². The van der Waals surface area contributed by atoms with E-state index < -0.39 is 5.91 Å². The van der Waals surface area contributed by atoms with Gasteiger partial charge in [-0.2, -0.15) is 5.10 Å². The number of hydrogen-bond donors (Lipinski definition) is 1. The predicted molar refractivity (Wildman–Crippen MR) is 92.8 cm³/mol. The minimum absolute atomic E-state index is 0.197. The minimum Gasteiger partial charge on any atom is -0.451 e. The highest BCUT2D eigenvalue weighted by Crippen LogP contribution is 2.29. The first-order valence-corrected chi connectivity index (χ1v) is 7.69. The Labute approximate surface area is 142 Å². The Bertz CT molecular complexity index is 1050. The van der Waals surface area contributed by atoms with E-state index in [1.54, 1.807) is 36.3 Å². The van der Waals surface area contributed by atoms with Crippen molar-refractivity contribution < 1.29 is 13.6 Å². The fraction of sp³-hybridized carbons (Fsp3) is 0.0526. The first-order valence-electron chi connectivity index (χ1n) is 7.69. The minimum atomic E-state index is -0.395. The van der Waals surface area contributed by atoms with Crippen molar-refractivity contribution in [3.05, 3.63) is 72.5 Å². The van der Waals surface area contributed by atoms with Crippen molar-refractivity contribution in [3.63, 3.8) is 0 Å². The summed E-state index contributed by atoms with van der Waals surface area (Å²) in [6.45, 7) is 0. The second-order valence-corrected chi connectivity index (χ2v) is 5.70. The van der Waals surface area contributed by atoms with Gasteiger partial charge in [-0.25, -0.2) is 4.39 Å². The van der Waals surface area contributed by atoms with Gasteiger partial charge in [0.1, 0.15) is 11.4 Å². The normalized spacial score (nSPS) is 11.0. The van der Waals surface area contributed by atoms with Gasteiger partial charge in [-0.15, -0.1) is 0 Å². The van der Waals surface area contributed by atoms with Crippen molar-refractivity contribution in [2.45, 2.75) is 0 Å². The zero-order valence-corrected chi connectivity index (χ0v) is 13.4. The molecule has 2 heterocycles. The number of anilines is 1. The molecular weight excluding hydrogens is 321 g/mol. The predicted octanol–water partition coefficient (Wildman–Crippen LogP) is 4.22. The number of rotatable bonds is 3. The van der Waals surface area contributed by atoms with Crippen LogP contribution in [0.5, 0.6) is 0 Å². The lowest BCUT2D eigenvalue weighted by Gasteiger charge is -2.09. The van der Waals surface area contributed by atoms with Gasteiger partial charge in [0, 0.05) is 35.4 Å². The number of carbonyl (C=O) groups excluding carboxylic acids is 1. The molecular formula is C19H14FN3O2. The highest BCUT2D eigenvalue weighted by atomic mass is 19.1. The molecule has 1 N–H and O–H groups in total. The van der Waals surface area contributed by atoms with Crippen LogP contribution in [0.15, 0.2) is 65.3 Å². The quantitative estimate of drug-likeness (QED) is 0.610. The molecule has 0 bridgehead atoms. The average molecular weight is 335 g/mol. The molecule has 0 aliphatic carbocycles. The number of fused-ring (bicyclic) bond motifs is 1. The van der Waals surface area contributed by atoms with Gasteiger partial charge in [0.05, 0.1) is 6.20 Å². The van der Waals surface area contributed by atoms with Crippen LogP contribution in [-0.4, -0.2) is 15.7 Å². The van der Waals surface area contributed by atoms with Gasteiger partial charge >= 0.3 is 0 Å². The van der Waals surface area contributed by atoms with Crippen molar-refractivity contribution in [2.24, 2.45) is 7.05 Å². The Hall–Kier alpha value is -3.41. The molecule has 0 fully saturated rings. The van der Waals surface area contributed by atoms with Crippen LogP contribution in [0.2, 0.25) is 0 Å². The van der Waals surface area contributed by atoms with Crippen LogP contribution in [0.4, 0.5) is 10.1 Å². The monoisotopic (exact) mass is 335 g/mol. The number of aromatic nitrogens is 2. The van der Waals surface area contributed by atoms with E-state index in [1.807, 2.05) is 18.2 Å². The number of halogens is 1. The van der Waals surface area contributed by atoms with Gasteiger partial charge in [-0.05, 0) is 30.3 Å². The molecule has 5 nitrogen and oxygen atoms in total. The number of nitrogens with zero attached hydrogens (tertiary/aromatic N) is 2. The molecule has 0 atom stereocenters. The zero-order chi connectivity index (χ0) is 17.4. The number of nitrogens with one attached hydrogen (secondary N) is 1. The average Bonchev–Trinajstić information content (AvgIpc) is 3.22. The molecule has 0 aliphatic rings. The summed E-state index contributed by atoms with van der Waals surface area (Å²) in [6.07, 6.45) is 3.37. The fourth-order valence-corrected chi connectivity index (χ4v) is 2.70. The first kappa shape index (κ1) is 15.1. The SMILES string of the molecule is Cn1cc(-c2cc(F)ccc2NC(=O)c2cc3ccccc3o2)cn1. The molecule has 0 saturated carbocycles. The highest BCUT2D eigenvalue weighted by molar-refractivity contribution is 6.06. The van der Waals surface area contributed by atoms with E-state index in [4.69, 9.17) is 4.42 Å². The largest absolute Gasteiger partial charge is 0.451 e. The lowest BCUT2D eigenvalue weighted by Crippen LogP contribution is -2.11. The van der Waals surface area contributed by atoms with Gasteiger partial charge in [0.2, 0.25) is 0 Å². The summed E-state index contributed by atoms with van der Waals surface area (Å²) in [5.74, 6) is -0.587. The Balaban J connectivity index is 1.69. The Morgan fingerprint density at radius 3 is 2.80 bits per heavy atom. The Morgan fingerprint density at radius 1 is 1.20 bits per heavy atom. The summed E-state index contributed by atoms with van der Waals surface area (Å²) in [5.41, 5.74) is 2.39. The number of para-hydroxylation sites is 1. The van der Waals surface area contributed by atoms with Crippen molar-refractivity contribution in [3.8, 4) is 11.1 Å². The summed E-state index contributed by atoms with van der Waals surface area (Å²) in [7, 11) is 1.77. The summed E-state index contributed by atoms with van der Waals surface area (Å²) < 4.78 is 20.9. The van der Waals surface area contributed by atoms with E-state index in [-0.39, 0.29) is 11.6 Å². The van der Waals surface area contributed by atoms with E-state index in [1.165, 1.54) is 18.2 Å². The highest BCUT2D eigenvalue weighted by Gasteiger charge is 2.16. The molecule has 25 heavy (non-hydrogen) atoms. The summed E-state index contributed by atoms with van der Waals surface area (Å²) in [6, 6.07) is 13.3. The van der Waals surface area contributed by atoms with E-state index in [9.17, 15) is 9.18 Å². The molecule has 124 valence electrons. The van der Waals surface area contributed by atoms with Crippen LogP contribution in [0, 0.1) is 5.82 Å². The van der Waals surface area contributed by atoms with Crippen LogP contribution >= 0.6 is 0 Å². The van der Waals surface area contributed by atoms with Crippen LogP contribution < -0.4 is 5.32 Å². The summed E-state index contributed by atoms with van der Waals surface area (Å²) in [5, 5.41) is 7.73. The molecule has 2 aromatic heterocycles. The van der Waals surface area contributed by atoms with E-state index in [0.717, 1.165) is 5.39 Å². The maximum absolute atomic E-state index is 13.7. The molecule has 4 aromatic rings. The van der Waals surface area contributed by atoms with E-state index >= 15 is 0 Å². The number of furan rings is 1. The summed E-state index contributed by atoms with van der Waals surface area (Å²) >= 11 is 0. The van der Waals surface area contributed by atoms with Crippen molar-refractivity contribution in [2.75, 3.05) is 5.32 Å². The molecule has 2 aromatic carbocycles. The Morgan fingerprint density at radius 2 is 2.04 bits per heavy atom. The molecule has 0 spiro atoms. The van der Waals surface area contributed by atoms with Gasteiger partial charge in [0.15, 0.2) is 5.76 Å². The van der Waals surface area contributed by atoms with Crippen LogP contribution in [0.25, 0.3) is 22.1 Å². The maximum Gasteiger partial charge on any atom is 0.291 e. The van der Waals surface area contributed by atoms with E-state index in [0.29, 0.717) is 22.4 Å². The van der Waals surface area contributed by atoms with Gasteiger partial charge in [-0.1, -0.05) is 18.2 Å². The third-order valence-electron chi connectivity index (χ3n) is 3.90. The van der Waals surface area contributed by atoms with Crippen LogP contribution in [0.1, 0.15) is 10.6 Å². The first-order chi connectivity index (χ1) is 12.1. The molecule has 6 heteroatoms. The van der Waals surface area contributed by atoms with Crippen LogP contribution in [0.3, 0.4) is 0 Å². The number of benzene rings is 2. The van der Waals surface area contributed by atoms with Crippen molar-refractivity contribution in [1.29, 1.82) is 0 Å². The third kappa shape index (κ3) is 2.89. The second-order valence-electron chi connectivity index (χ2n) is 5.70. The summed E-state index contributed by atoms with van der Waals surface area (Å²) in [4.78, 5) is 12.5. The molecule has 0 radical (unpaired) electrons. The maximum atomic E-state index is 13.7. The lowest BCUT2D eigenvalue weighted by atomic mass is 10.1. The zero-order valence-electron chi connectivity index (χ0n) is 13.4. The molecule has 1 amide bonds. The van der Waals surface area contributed by atoms with Crippen molar-refractivity contribution in [1.82, 2.24) is 9.78 Å². The number of hydrogen-bond acceptors (Lipinski definition) is 3. The van der Waals surface area contributed by atoms with Gasteiger partial charge in [0.25, 0.3) is 5.91 Å². The number of carbonyl (C=O) groups is 1. The smallest absolute Gasteiger partial charge is 0.291 e. The second kappa shape index (κ2) is 5.90.